The number of carbonyl (C=O) groups excluding carboxylic acids is 2. The molecule has 0 heterocycles. The van der Waals surface area contributed by atoms with Crippen LogP contribution in [0.3, 0.4) is 0 Å². The molecule has 0 bridgehead atoms. The molecule has 0 radical (unpaired) electrons. The minimum Gasteiger partial charge on any atom is -0.350 e. The summed E-state index contributed by atoms with van der Waals surface area (Å²) in [5.74, 6) is -0.372. The minimum atomic E-state index is -0.687. The van der Waals surface area contributed by atoms with Crippen molar-refractivity contribution >= 4 is 23.6 Å². The molecule has 0 unspecified atom stereocenters. The van der Waals surface area contributed by atoms with Crippen LogP contribution < -0.4 is 5.32 Å². The van der Waals surface area contributed by atoms with Gasteiger partial charge in [-0.25, -0.2) is 8.78 Å². The highest BCUT2D eigenvalue weighted by Gasteiger charge is 2.28. The van der Waals surface area contributed by atoms with Crippen LogP contribution >= 0.6 is 11.8 Å². The molecule has 0 aliphatic rings. The van der Waals surface area contributed by atoms with E-state index in [-0.39, 0.29) is 35.7 Å². The lowest BCUT2D eigenvalue weighted by atomic mass is 10.1. The number of carbonyl (C=O) groups is 2. The molecule has 2 aromatic carbocycles. The van der Waals surface area contributed by atoms with Crippen LogP contribution in [0, 0.1) is 11.6 Å². The van der Waals surface area contributed by atoms with E-state index in [0.29, 0.717) is 5.75 Å². The molecule has 7 heteroatoms. The Labute approximate surface area is 181 Å². The van der Waals surface area contributed by atoms with Crippen molar-refractivity contribution in [1.29, 1.82) is 0 Å². The zero-order chi connectivity index (χ0) is 22.3. The van der Waals surface area contributed by atoms with Gasteiger partial charge in [-0.3, -0.25) is 9.59 Å². The molecule has 0 saturated heterocycles. The first-order valence-electron chi connectivity index (χ1n) is 9.73. The maximum atomic E-state index is 13.2. The minimum absolute atomic E-state index is 0.172. The van der Waals surface area contributed by atoms with E-state index in [1.165, 1.54) is 40.9 Å². The normalized spacial score (nSPS) is 12.3. The maximum Gasteiger partial charge on any atom is 0.242 e. The Kier molecular flexibility index (Phi) is 8.41. The fraction of sp³-hybridized carbons (Fsp3) is 0.391. The Balaban J connectivity index is 2.08. The summed E-state index contributed by atoms with van der Waals surface area (Å²) in [6.07, 6.45) is 0. The highest BCUT2D eigenvalue weighted by Crippen LogP contribution is 2.17. The number of benzene rings is 2. The molecular weight excluding hydrogens is 406 g/mol. The van der Waals surface area contributed by atoms with Crippen LogP contribution in [0.2, 0.25) is 0 Å². The molecule has 2 aromatic rings. The predicted molar refractivity (Wildman–Crippen MR) is 117 cm³/mol. The van der Waals surface area contributed by atoms with Crippen molar-refractivity contribution in [3.05, 3.63) is 71.3 Å². The summed E-state index contributed by atoms with van der Waals surface area (Å²) in [5, 5.41) is 2.90. The van der Waals surface area contributed by atoms with Gasteiger partial charge in [0.25, 0.3) is 0 Å². The smallest absolute Gasteiger partial charge is 0.242 e. The summed E-state index contributed by atoms with van der Waals surface area (Å²) in [5.41, 5.74) is 1.23. The number of amides is 2. The third kappa shape index (κ3) is 7.78. The second-order valence-electron chi connectivity index (χ2n) is 8.18. The standard InChI is InChI=1S/C23H28F2N2O2S/c1-16(22(29)26-23(2,3)4)27(13-17-5-9-19(24)10-6-17)21(28)15-30-14-18-7-11-20(25)12-8-18/h5-12,16H,13-15H2,1-4H3,(H,26,29)/t16-/m1/s1. The Morgan fingerprint density at radius 2 is 1.47 bits per heavy atom. The van der Waals surface area contributed by atoms with Crippen molar-refractivity contribution in [2.75, 3.05) is 5.75 Å². The predicted octanol–water partition coefficient (Wildman–Crippen LogP) is 4.53. The largest absolute Gasteiger partial charge is 0.350 e. The van der Waals surface area contributed by atoms with Crippen LogP contribution in [0.1, 0.15) is 38.8 Å². The average molecular weight is 435 g/mol. The zero-order valence-electron chi connectivity index (χ0n) is 17.7. The molecule has 162 valence electrons. The van der Waals surface area contributed by atoms with Gasteiger partial charge in [-0.1, -0.05) is 24.3 Å². The van der Waals surface area contributed by atoms with E-state index in [9.17, 15) is 18.4 Å². The van der Waals surface area contributed by atoms with Crippen LogP contribution in [0.25, 0.3) is 0 Å². The summed E-state index contributed by atoms with van der Waals surface area (Å²) in [7, 11) is 0. The average Bonchev–Trinajstić information content (AvgIpc) is 2.67. The molecule has 0 fully saturated rings. The van der Waals surface area contributed by atoms with E-state index in [2.05, 4.69) is 5.32 Å². The van der Waals surface area contributed by atoms with Gasteiger partial charge in [-0.15, -0.1) is 11.8 Å². The summed E-state index contributed by atoms with van der Waals surface area (Å²) < 4.78 is 26.3. The number of hydrogen-bond acceptors (Lipinski definition) is 3. The first-order chi connectivity index (χ1) is 14.0. The number of nitrogens with zero attached hydrogens (tertiary/aromatic N) is 1. The summed E-state index contributed by atoms with van der Waals surface area (Å²) in [6, 6.07) is 11.3. The molecular formula is C23H28F2N2O2S. The van der Waals surface area contributed by atoms with Crippen LogP contribution in [-0.4, -0.2) is 34.0 Å². The van der Waals surface area contributed by atoms with Crippen molar-refractivity contribution in [3.8, 4) is 0 Å². The van der Waals surface area contributed by atoms with E-state index in [1.54, 1.807) is 31.2 Å². The lowest BCUT2D eigenvalue weighted by Crippen LogP contribution is -2.52. The lowest BCUT2D eigenvalue weighted by Gasteiger charge is -2.31. The lowest BCUT2D eigenvalue weighted by molar-refractivity contribution is -0.139. The van der Waals surface area contributed by atoms with E-state index < -0.39 is 11.6 Å². The number of thioether (sulfide) groups is 1. The fourth-order valence-electron chi connectivity index (χ4n) is 2.76. The molecule has 2 rings (SSSR count). The zero-order valence-corrected chi connectivity index (χ0v) is 18.6. The summed E-state index contributed by atoms with van der Waals surface area (Å²) >= 11 is 1.40. The number of nitrogens with one attached hydrogen (secondary N) is 1. The first kappa shape index (κ1) is 23.9. The van der Waals surface area contributed by atoms with Crippen LogP contribution in [0.15, 0.2) is 48.5 Å². The van der Waals surface area contributed by atoms with Crippen LogP contribution in [0.4, 0.5) is 8.78 Å². The monoisotopic (exact) mass is 434 g/mol. The van der Waals surface area contributed by atoms with Crippen molar-refractivity contribution < 1.29 is 18.4 Å². The van der Waals surface area contributed by atoms with Gasteiger partial charge in [0.1, 0.15) is 17.7 Å². The maximum absolute atomic E-state index is 13.2. The Morgan fingerprint density at radius 1 is 0.967 bits per heavy atom. The molecule has 0 spiro atoms. The molecule has 0 aliphatic carbocycles. The van der Waals surface area contributed by atoms with E-state index >= 15 is 0 Å². The summed E-state index contributed by atoms with van der Waals surface area (Å²) in [4.78, 5) is 27.1. The van der Waals surface area contributed by atoms with Crippen molar-refractivity contribution in [1.82, 2.24) is 10.2 Å². The molecule has 4 nitrogen and oxygen atoms in total. The van der Waals surface area contributed by atoms with Crippen LogP contribution in [0.5, 0.6) is 0 Å². The fourth-order valence-corrected chi connectivity index (χ4v) is 3.63. The van der Waals surface area contributed by atoms with Gasteiger partial charge in [0.05, 0.1) is 5.75 Å². The van der Waals surface area contributed by atoms with Crippen molar-refractivity contribution in [2.24, 2.45) is 0 Å². The second kappa shape index (κ2) is 10.6. The Morgan fingerprint density at radius 3 is 1.97 bits per heavy atom. The van der Waals surface area contributed by atoms with Crippen LogP contribution in [-0.2, 0) is 21.9 Å². The van der Waals surface area contributed by atoms with Gasteiger partial charge < -0.3 is 10.2 Å². The number of halogens is 2. The molecule has 1 atom stereocenters. The number of rotatable bonds is 8. The van der Waals surface area contributed by atoms with Gasteiger partial charge in [-0.05, 0) is 63.1 Å². The molecule has 0 saturated carbocycles. The third-order valence-electron chi connectivity index (χ3n) is 4.34. The molecule has 2 amide bonds. The Bertz CT molecular complexity index is 849. The highest BCUT2D eigenvalue weighted by molar-refractivity contribution is 7.99. The highest BCUT2D eigenvalue weighted by atomic mass is 32.2. The topological polar surface area (TPSA) is 49.4 Å². The molecule has 0 aromatic heterocycles. The quantitative estimate of drug-likeness (QED) is 0.664. The van der Waals surface area contributed by atoms with E-state index in [4.69, 9.17) is 0 Å². The first-order valence-corrected chi connectivity index (χ1v) is 10.9. The van der Waals surface area contributed by atoms with E-state index in [0.717, 1.165) is 11.1 Å². The SMILES string of the molecule is C[C@H](C(=O)NC(C)(C)C)N(Cc1ccc(F)cc1)C(=O)CSCc1ccc(F)cc1. The second-order valence-corrected chi connectivity index (χ2v) is 9.17. The van der Waals surface area contributed by atoms with Gasteiger partial charge >= 0.3 is 0 Å². The Hall–Kier alpha value is -2.41. The van der Waals surface area contributed by atoms with Crippen molar-refractivity contribution in [2.45, 2.75) is 51.6 Å². The van der Waals surface area contributed by atoms with Gasteiger partial charge in [0, 0.05) is 17.8 Å². The molecule has 1 N–H and O–H groups in total. The summed E-state index contributed by atoms with van der Waals surface area (Å²) in [6.45, 7) is 7.52. The third-order valence-corrected chi connectivity index (χ3v) is 5.33. The van der Waals surface area contributed by atoms with Gasteiger partial charge in [-0.2, -0.15) is 0 Å². The number of hydrogen-bond donors (Lipinski definition) is 1. The van der Waals surface area contributed by atoms with E-state index in [1.807, 2.05) is 20.8 Å². The van der Waals surface area contributed by atoms with Crippen molar-refractivity contribution in [3.63, 3.8) is 0 Å². The molecule has 0 aliphatic heterocycles. The van der Waals surface area contributed by atoms with Gasteiger partial charge in [0.15, 0.2) is 0 Å². The van der Waals surface area contributed by atoms with Gasteiger partial charge in [0.2, 0.25) is 11.8 Å². The molecule has 30 heavy (non-hydrogen) atoms.